The Morgan fingerprint density at radius 1 is 1.11 bits per heavy atom. The second-order valence-electron chi connectivity index (χ2n) is 7.24. The van der Waals surface area contributed by atoms with E-state index in [9.17, 15) is 5.11 Å². The average Bonchev–Trinajstić information content (AvgIpc) is 3.02. The van der Waals surface area contributed by atoms with Gasteiger partial charge in [-0.15, -0.1) is 0 Å². The third kappa shape index (κ3) is 2.78. The molecular weight excluding hydrogens is 360 g/mol. The molecule has 3 heterocycles. The molecule has 0 spiro atoms. The molecule has 1 atom stereocenters. The van der Waals surface area contributed by atoms with Gasteiger partial charge in [-0.05, 0) is 61.0 Å². The Kier molecular flexibility index (Phi) is 4.06. The van der Waals surface area contributed by atoms with Crippen molar-refractivity contribution in [1.82, 2.24) is 0 Å². The highest BCUT2D eigenvalue weighted by Crippen LogP contribution is 2.40. The summed E-state index contributed by atoms with van der Waals surface area (Å²) in [4.78, 5) is 2.24. The Labute approximate surface area is 163 Å². The first-order chi connectivity index (χ1) is 13.1. The number of amidine groups is 1. The number of nitrogens with zero attached hydrogens (tertiary/aromatic N) is 2. The zero-order valence-corrected chi connectivity index (χ0v) is 16.2. The minimum atomic E-state index is -1.08. The third-order valence-electron chi connectivity index (χ3n) is 5.36. The van der Waals surface area contributed by atoms with Crippen molar-refractivity contribution in [3.63, 3.8) is 0 Å². The zero-order valence-electron chi connectivity index (χ0n) is 15.4. The fraction of sp³-hybridized carbons (Fsp3) is 0.381. The van der Waals surface area contributed by atoms with E-state index in [1.54, 1.807) is 0 Å². The molecule has 27 heavy (non-hydrogen) atoms. The molecule has 0 aromatic heterocycles. The van der Waals surface area contributed by atoms with Gasteiger partial charge >= 0.3 is 5.17 Å². The van der Waals surface area contributed by atoms with Crippen LogP contribution in [0.3, 0.4) is 0 Å². The summed E-state index contributed by atoms with van der Waals surface area (Å²) < 4.78 is 13.5. The fourth-order valence-corrected chi connectivity index (χ4v) is 5.22. The number of anilines is 1. The molecule has 0 saturated heterocycles. The number of rotatable bonds is 2. The monoisotopic (exact) mass is 383 g/mol. The number of aliphatic hydroxyl groups is 1. The zero-order chi connectivity index (χ0) is 18.4. The van der Waals surface area contributed by atoms with Crippen molar-refractivity contribution in [1.29, 1.82) is 0 Å². The van der Waals surface area contributed by atoms with E-state index in [-0.39, 0.29) is 0 Å². The standard InChI is InChI=1S/C21H23N2O3S/c1-15-4-2-5-17(12-15)22-14-21(24,23-8-3-11-27-20(22)23)16-6-7-18-19(13-16)26-10-9-25-18/h2,4-7,12-13,24H,3,8-11,14H2,1H3/q+1/t21-/m1/s1. The van der Waals surface area contributed by atoms with E-state index in [0.717, 1.165) is 40.9 Å². The van der Waals surface area contributed by atoms with Crippen molar-refractivity contribution in [2.45, 2.75) is 19.1 Å². The van der Waals surface area contributed by atoms with Gasteiger partial charge in [0, 0.05) is 11.3 Å². The molecule has 2 aromatic rings. The Hall–Kier alpha value is -2.18. The fourth-order valence-electron chi connectivity index (χ4n) is 4.04. The maximum absolute atomic E-state index is 11.8. The van der Waals surface area contributed by atoms with Crippen molar-refractivity contribution >= 4 is 22.6 Å². The lowest BCUT2D eigenvalue weighted by Gasteiger charge is -2.26. The van der Waals surface area contributed by atoms with Crippen LogP contribution in [0, 0.1) is 6.92 Å². The lowest BCUT2D eigenvalue weighted by molar-refractivity contribution is -0.656. The van der Waals surface area contributed by atoms with Crippen LogP contribution in [-0.2, 0) is 5.72 Å². The SMILES string of the molecule is Cc1cccc(N2C[C@@](O)(c3ccc4c(c3)OCCO4)[N+]3=C2SCCC3)c1. The molecular formula is C21H23N2O3S+. The van der Waals surface area contributed by atoms with Gasteiger partial charge in [0.15, 0.2) is 18.0 Å². The molecule has 0 bridgehead atoms. The van der Waals surface area contributed by atoms with Crippen LogP contribution in [0.15, 0.2) is 42.5 Å². The number of ether oxygens (including phenoxy) is 2. The maximum atomic E-state index is 11.8. The molecule has 1 N–H and O–H groups in total. The molecule has 0 saturated carbocycles. The molecule has 3 aliphatic rings. The van der Waals surface area contributed by atoms with Gasteiger partial charge in [0.1, 0.15) is 18.9 Å². The number of β-amino-alcohol motifs (C(OH)–C–C–N with tert-alkyl or cyclic N) is 1. The number of benzene rings is 2. The van der Waals surface area contributed by atoms with Crippen LogP contribution in [-0.4, -0.2) is 46.9 Å². The van der Waals surface area contributed by atoms with Gasteiger partial charge in [-0.25, -0.2) is 9.48 Å². The maximum Gasteiger partial charge on any atom is 0.316 e. The van der Waals surface area contributed by atoms with Gasteiger partial charge in [0.25, 0.3) is 5.72 Å². The Morgan fingerprint density at radius 2 is 1.96 bits per heavy atom. The highest BCUT2D eigenvalue weighted by molar-refractivity contribution is 8.13. The van der Waals surface area contributed by atoms with Gasteiger partial charge in [-0.1, -0.05) is 12.1 Å². The summed E-state index contributed by atoms with van der Waals surface area (Å²) in [7, 11) is 0. The summed E-state index contributed by atoms with van der Waals surface area (Å²) in [5.74, 6) is 2.54. The smallest absolute Gasteiger partial charge is 0.316 e. The van der Waals surface area contributed by atoms with E-state index in [1.165, 1.54) is 5.56 Å². The summed E-state index contributed by atoms with van der Waals surface area (Å²) in [5.41, 5.74) is 2.11. The first kappa shape index (κ1) is 17.0. The second kappa shape index (κ2) is 6.46. The van der Waals surface area contributed by atoms with Crippen LogP contribution < -0.4 is 14.4 Å². The minimum absolute atomic E-state index is 0.498. The highest BCUT2D eigenvalue weighted by atomic mass is 32.2. The molecule has 0 aliphatic carbocycles. The van der Waals surface area contributed by atoms with Gasteiger partial charge in [-0.2, -0.15) is 0 Å². The summed E-state index contributed by atoms with van der Waals surface area (Å²) in [6, 6.07) is 14.3. The van der Waals surface area contributed by atoms with Gasteiger partial charge < -0.3 is 14.6 Å². The lowest BCUT2D eigenvalue weighted by Crippen LogP contribution is -2.41. The summed E-state index contributed by atoms with van der Waals surface area (Å²) >= 11 is 1.82. The second-order valence-corrected chi connectivity index (χ2v) is 8.30. The third-order valence-corrected chi connectivity index (χ3v) is 6.55. The largest absolute Gasteiger partial charge is 0.486 e. The number of hydrogen-bond donors (Lipinski definition) is 1. The molecule has 5 rings (SSSR count). The Bertz CT molecular complexity index is 929. The normalized spacial score (nSPS) is 24.1. The minimum Gasteiger partial charge on any atom is -0.486 e. The van der Waals surface area contributed by atoms with E-state index in [0.29, 0.717) is 25.5 Å². The molecule has 0 fully saturated rings. The topological polar surface area (TPSA) is 44.9 Å². The Morgan fingerprint density at radius 3 is 2.81 bits per heavy atom. The molecule has 2 aromatic carbocycles. The first-order valence-corrected chi connectivity index (χ1v) is 10.4. The van der Waals surface area contributed by atoms with Crippen LogP contribution in [0.1, 0.15) is 17.5 Å². The van der Waals surface area contributed by atoms with Crippen molar-refractivity contribution in [2.75, 3.05) is 37.0 Å². The van der Waals surface area contributed by atoms with Crippen molar-refractivity contribution in [3.8, 4) is 11.5 Å². The molecule has 6 heteroatoms. The van der Waals surface area contributed by atoms with Crippen LogP contribution in [0.25, 0.3) is 0 Å². The molecule has 0 amide bonds. The highest BCUT2D eigenvalue weighted by Gasteiger charge is 2.53. The van der Waals surface area contributed by atoms with Gasteiger partial charge in [0.05, 0.1) is 6.54 Å². The average molecular weight is 383 g/mol. The van der Waals surface area contributed by atoms with Crippen molar-refractivity contribution in [3.05, 3.63) is 53.6 Å². The molecule has 5 nitrogen and oxygen atoms in total. The molecule has 0 unspecified atom stereocenters. The summed E-state index contributed by atoms with van der Waals surface area (Å²) in [5, 5.41) is 12.9. The molecule has 0 radical (unpaired) electrons. The van der Waals surface area contributed by atoms with E-state index < -0.39 is 5.72 Å². The lowest BCUT2D eigenvalue weighted by atomic mass is 10.0. The van der Waals surface area contributed by atoms with Crippen LogP contribution in [0.2, 0.25) is 0 Å². The number of aryl methyl sites for hydroxylation is 1. The molecule has 3 aliphatic heterocycles. The molecule has 140 valence electrons. The number of thioether (sulfide) groups is 1. The van der Waals surface area contributed by atoms with E-state index >= 15 is 0 Å². The number of hydrogen-bond acceptors (Lipinski definition) is 5. The van der Waals surface area contributed by atoms with Gasteiger partial charge in [0.2, 0.25) is 0 Å². The van der Waals surface area contributed by atoms with E-state index in [1.807, 2.05) is 30.0 Å². The van der Waals surface area contributed by atoms with Gasteiger partial charge in [-0.3, -0.25) is 0 Å². The van der Waals surface area contributed by atoms with E-state index in [2.05, 4.69) is 40.7 Å². The van der Waals surface area contributed by atoms with Crippen LogP contribution in [0.4, 0.5) is 5.69 Å². The van der Waals surface area contributed by atoms with Crippen molar-refractivity contribution in [2.24, 2.45) is 0 Å². The Balaban J connectivity index is 1.59. The summed E-state index contributed by atoms with van der Waals surface area (Å²) in [6.07, 6.45) is 1.06. The quantitative estimate of drug-likeness (QED) is 0.808. The predicted octanol–water partition coefficient (Wildman–Crippen LogP) is 2.94. The summed E-state index contributed by atoms with van der Waals surface area (Å²) in [6.45, 7) is 4.55. The first-order valence-electron chi connectivity index (χ1n) is 9.39. The van der Waals surface area contributed by atoms with Crippen molar-refractivity contribution < 1.29 is 19.2 Å². The van der Waals surface area contributed by atoms with Crippen LogP contribution >= 0.6 is 11.8 Å². The predicted molar refractivity (Wildman–Crippen MR) is 107 cm³/mol. The van der Waals surface area contributed by atoms with E-state index in [4.69, 9.17) is 9.47 Å². The number of fused-ring (bicyclic) bond motifs is 1. The van der Waals surface area contributed by atoms with Crippen LogP contribution in [0.5, 0.6) is 11.5 Å².